The number of nitrogens with zero attached hydrogens (tertiary/aromatic N) is 2. The van der Waals surface area contributed by atoms with Gasteiger partial charge < -0.3 is 15.8 Å². The van der Waals surface area contributed by atoms with E-state index in [0.29, 0.717) is 19.1 Å². The molecule has 0 unspecified atom stereocenters. The number of para-hydroxylation sites is 1. The zero-order valence-corrected chi connectivity index (χ0v) is 15.1. The first kappa shape index (κ1) is 18.4. The fraction of sp³-hybridized carbons (Fsp3) is 0.250. The Hall–Kier alpha value is -1.67. The maximum atomic E-state index is 5.94. The van der Waals surface area contributed by atoms with Crippen LogP contribution in [0, 0.1) is 6.92 Å². The first-order valence-corrected chi connectivity index (χ1v) is 6.75. The van der Waals surface area contributed by atoms with E-state index in [1.54, 1.807) is 13.3 Å². The molecule has 2 rings (SSSR count). The van der Waals surface area contributed by atoms with Gasteiger partial charge in [-0.2, -0.15) is 0 Å². The molecule has 1 aromatic heterocycles. The Labute approximate surface area is 148 Å². The Bertz CT molecular complexity index is 631. The minimum Gasteiger partial charge on any atom is -0.380 e. The fourth-order valence-electron chi connectivity index (χ4n) is 1.95. The lowest BCUT2D eigenvalue weighted by Crippen LogP contribution is -2.23. The highest BCUT2D eigenvalue weighted by Gasteiger charge is 2.03. The first-order chi connectivity index (χ1) is 10.2. The number of methoxy groups -OCH3 is 1. The molecular formula is C16H21IN4O. The number of aryl methyl sites for hydroxylation is 1. The molecule has 0 radical (unpaired) electrons. The van der Waals surface area contributed by atoms with Gasteiger partial charge in [-0.05, 0) is 24.6 Å². The van der Waals surface area contributed by atoms with Crippen molar-refractivity contribution in [1.82, 2.24) is 4.98 Å². The molecule has 0 atom stereocenters. The van der Waals surface area contributed by atoms with Crippen LogP contribution in [0.2, 0.25) is 0 Å². The number of nitrogens with two attached hydrogens (primary N) is 1. The summed E-state index contributed by atoms with van der Waals surface area (Å²) in [6.07, 6.45) is 1.76. The number of pyridine rings is 1. The molecule has 0 aliphatic heterocycles. The summed E-state index contributed by atoms with van der Waals surface area (Å²) in [5, 5.41) is 3.10. The molecule has 3 N–H and O–H groups in total. The van der Waals surface area contributed by atoms with Gasteiger partial charge in [0.05, 0.1) is 18.8 Å². The average Bonchev–Trinajstić information content (AvgIpc) is 2.49. The van der Waals surface area contributed by atoms with Crippen LogP contribution >= 0.6 is 24.0 Å². The average molecular weight is 412 g/mol. The van der Waals surface area contributed by atoms with Crippen LogP contribution in [0.1, 0.15) is 16.8 Å². The Kier molecular flexibility index (Phi) is 7.83. The van der Waals surface area contributed by atoms with Gasteiger partial charge in [0, 0.05) is 24.6 Å². The summed E-state index contributed by atoms with van der Waals surface area (Å²) in [4.78, 5) is 8.63. The first-order valence-electron chi connectivity index (χ1n) is 6.75. The molecule has 22 heavy (non-hydrogen) atoms. The summed E-state index contributed by atoms with van der Waals surface area (Å²) in [6.45, 7) is 2.99. The molecule has 118 valence electrons. The second-order valence-electron chi connectivity index (χ2n) is 4.68. The van der Waals surface area contributed by atoms with Crippen molar-refractivity contribution < 1.29 is 4.74 Å². The topological polar surface area (TPSA) is 72.5 Å². The number of hydrogen-bond donors (Lipinski definition) is 2. The number of benzene rings is 1. The third-order valence-corrected chi connectivity index (χ3v) is 3.10. The molecule has 0 saturated heterocycles. The van der Waals surface area contributed by atoms with E-state index in [0.717, 1.165) is 22.5 Å². The molecule has 0 spiro atoms. The maximum Gasteiger partial charge on any atom is 0.193 e. The molecule has 1 aromatic carbocycles. The molecule has 0 amide bonds. The van der Waals surface area contributed by atoms with Crippen molar-refractivity contribution in [2.45, 2.75) is 20.1 Å². The van der Waals surface area contributed by atoms with Gasteiger partial charge >= 0.3 is 0 Å². The predicted molar refractivity (Wildman–Crippen MR) is 100 cm³/mol. The van der Waals surface area contributed by atoms with Gasteiger partial charge in [0.15, 0.2) is 5.96 Å². The monoisotopic (exact) mass is 412 g/mol. The lowest BCUT2D eigenvalue weighted by molar-refractivity contribution is 0.185. The minimum atomic E-state index is 0. The van der Waals surface area contributed by atoms with Gasteiger partial charge in [0.2, 0.25) is 0 Å². The number of ether oxygens (including phenoxy) is 1. The van der Waals surface area contributed by atoms with Crippen LogP contribution in [-0.2, 0) is 17.9 Å². The van der Waals surface area contributed by atoms with E-state index in [2.05, 4.69) is 15.3 Å². The molecule has 0 saturated carbocycles. The van der Waals surface area contributed by atoms with Gasteiger partial charge in [-0.25, -0.2) is 4.99 Å². The predicted octanol–water partition coefficient (Wildman–Crippen LogP) is 3.08. The minimum absolute atomic E-state index is 0. The molecule has 1 heterocycles. The largest absolute Gasteiger partial charge is 0.380 e. The lowest BCUT2D eigenvalue weighted by atomic mass is 10.2. The number of nitrogens with one attached hydrogen (secondary N) is 1. The zero-order chi connectivity index (χ0) is 15.1. The van der Waals surface area contributed by atoms with Gasteiger partial charge in [0.1, 0.15) is 0 Å². The van der Waals surface area contributed by atoms with Crippen molar-refractivity contribution in [2.24, 2.45) is 10.7 Å². The van der Waals surface area contributed by atoms with Crippen molar-refractivity contribution in [2.75, 3.05) is 12.4 Å². The van der Waals surface area contributed by atoms with E-state index >= 15 is 0 Å². The van der Waals surface area contributed by atoms with Crippen molar-refractivity contribution in [3.05, 3.63) is 59.4 Å². The van der Waals surface area contributed by atoms with Gasteiger partial charge in [-0.3, -0.25) is 4.98 Å². The molecule has 0 bridgehead atoms. The summed E-state index contributed by atoms with van der Waals surface area (Å²) >= 11 is 0. The SMILES string of the molecule is COCc1ccccc1NC(N)=NCc1ncccc1C.I. The number of halogens is 1. The lowest BCUT2D eigenvalue weighted by Gasteiger charge is -2.11. The molecule has 2 aromatic rings. The zero-order valence-electron chi connectivity index (χ0n) is 12.7. The summed E-state index contributed by atoms with van der Waals surface area (Å²) in [5.74, 6) is 0.364. The molecule has 0 aliphatic rings. The van der Waals surface area contributed by atoms with Crippen LogP contribution in [0.5, 0.6) is 0 Å². The Morgan fingerprint density at radius 3 is 2.77 bits per heavy atom. The summed E-state index contributed by atoms with van der Waals surface area (Å²) in [6, 6.07) is 11.8. The van der Waals surface area contributed by atoms with E-state index in [4.69, 9.17) is 10.5 Å². The highest BCUT2D eigenvalue weighted by Crippen LogP contribution is 2.15. The third-order valence-electron chi connectivity index (χ3n) is 3.10. The third kappa shape index (κ3) is 5.27. The Morgan fingerprint density at radius 2 is 2.05 bits per heavy atom. The van der Waals surface area contributed by atoms with Crippen LogP contribution in [-0.4, -0.2) is 18.1 Å². The molecule has 0 aliphatic carbocycles. The Balaban J connectivity index is 0.00000242. The number of anilines is 1. The van der Waals surface area contributed by atoms with Crippen molar-refractivity contribution >= 4 is 35.6 Å². The maximum absolute atomic E-state index is 5.94. The van der Waals surface area contributed by atoms with Crippen LogP contribution in [0.25, 0.3) is 0 Å². The summed E-state index contributed by atoms with van der Waals surface area (Å²) in [7, 11) is 1.66. The van der Waals surface area contributed by atoms with Gasteiger partial charge in [-0.1, -0.05) is 24.3 Å². The van der Waals surface area contributed by atoms with Gasteiger partial charge in [0.25, 0.3) is 0 Å². The van der Waals surface area contributed by atoms with E-state index in [9.17, 15) is 0 Å². The molecule has 5 nitrogen and oxygen atoms in total. The highest BCUT2D eigenvalue weighted by molar-refractivity contribution is 14.0. The van der Waals surface area contributed by atoms with Crippen molar-refractivity contribution in [3.8, 4) is 0 Å². The van der Waals surface area contributed by atoms with Crippen LogP contribution < -0.4 is 11.1 Å². The second kappa shape index (κ2) is 9.37. The normalized spacial score (nSPS) is 10.9. The van der Waals surface area contributed by atoms with Crippen LogP contribution in [0.3, 0.4) is 0 Å². The fourth-order valence-corrected chi connectivity index (χ4v) is 1.95. The van der Waals surface area contributed by atoms with E-state index < -0.39 is 0 Å². The quantitative estimate of drug-likeness (QED) is 0.450. The van der Waals surface area contributed by atoms with Gasteiger partial charge in [-0.15, -0.1) is 24.0 Å². The number of aromatic nitrogens is 1. The molecule has 0 fully saturated rings. The molecular weight excluding hydrogens is 391 g/mol. The summed E-state index contributed by atoms with van der Waals surface area (Å²) < 4.78 is 5.16. The smallest absolute Gasteiger partial charge is 0.193 e. The number of hydrogen-bond acceptors (Lipinski definition) is 3. The second-order valence-corrected chi connectivity index (χ2v) is 4.68. The Morgan fingerprint density at radius 1 is 1.27 bits per heavy atom. The van der Waals surface area contributed by atoms with Crippen LogP contribution in [0.4, 0.5) is 5.69 Å². The van der Waals surface area contributed by atoms with Crippen molar-refractivity contribution in [3.63, 3.8) is 0 Å². The van der Waals surface area contributed by atoms with Crippen molar-refractivity contribution in [1.29, 1.82) is 0 Å². The highest BCUT2D eigenvalue weighted by atomic mass is 127. The molecule has 6 heteroatoms. The van der Waals surface area contributed by atoms with Crippen LogP contribution in [0.15, 0.2) is 47.6 Å². The van der Waals surface area contributed by atoms with E-state index in [-0.39, 0.29) is 24.0 Å². The summed E-state index contributed by atoms with van der Waals surface area (Å²) in [5.41, 5.74) is 9.90. The number of aliphatic imine (C=N–C) groups is 1. The standard InChI is InChI=1S/C16H20N4O.HI/c1-12-6-5-9-18-15(12)10-19-16(17)20-14-8-4-3-7-13(14)11-21-2;/h3-9H,10-11H2,1-2H3,(H3,17,19,20);1H. The van der Waals surface area contributed by atoms with E-state index in [1.165, 1.54) is 0 Å². The number of rotatable bonds is 5. The number of guanidine groups is 1. The van der Waals surface area contributed by atoms with E-state index in [1.807, 2.05) is 43.3 Å².